The Labute approximate surface area is 162 Å². The van der Waals surface area contributed by atoms with E-state index in [0.717, 1.165) is 43.3 Å². The molecule has 0 unspecified atom stereocenters. The van der Waals surface area contributed by atoms with Gasteiger partial charge >= 0.3 is 0 Å². The second-order valence-electron chi connectivity index (χ2n) is 7.97. The minimum Gasteiger partial charge on any atom is -0.354 e. The van der Waals surface area contributed by atoms with Crippen molar-refractivity contribution in [3.05, 3.63) is 47.4 Å². The summed E-state index contributed by atoms with van der Waals surface area (Å²) < 4.78 is 2.42. The molecule has 1 saturated carbocycles. The van der Waals surface area contributed by atoms with Crippen molar-refractivity contribution < 1.29 is 4.79 Å². The molecule has 5 heteroatoms. The first-order valence-corrected chi connectivity index (χ1v) is 10.2. The van der Waals surface area contributed by atoms with Crippen LogP contribution in [0.3, 0.4) is 0 Å². The van der Waals surface area contributed by atoms with Crippen molar-refractivity contribution in [3.63, 3.8) is 0 Å². The van der Waals surface area contributed by atoms with E-state index < -0.39 is 0 Å². The van der Waals surface area contributed by atoms with Crippen molar-refractivity contribution in [1.29, 1.82) is 0 Å². The average molecular weight is 367 g/mol. The van der Waals surface area contributed by atoms with Gasteiger partial charge < -0.3 is 9.47 Å². The van der Waals surface area contributed by atoms with Crippen molar-refractivity contribution in [2.24, 2.45) is 0 Å². The van der Waals surface area contributed by atoms with Crippen LogP contribution in [0, 0.1) is 13.8 Å². The molecule has 2 aromatic rings. The monoisotopic (exact) mass is 366 g/mol. The predicted octanol–water partition coefficient (Wildman–Crippen LogP) is 3.62. The molecule has 0 N–H and O–H groups in total. The Bertz CT molecular complexity index is 784. The van der Waals surface area contributed by atoms with E-state index in [2.05, 4.69) is 45.3 Å². The van der Waals surface area contributed by atoms with E-state index in [-0.39, 0.29) is 5.78 Å². The zero-order valence-electron chi connectivity index (χ0n) is 16.5. The largest absolute Gasteiger partial charge is 0.354 e. The van der Waals surface area contributed by atoms with Crippen LogP contribution in [-0.4, -0.2) is 53.0 Å². The first kappa shape index (κ1) is 18.2. The molecule has 0 bridgehead atoms. The van der Waals surface area contributed by atoms with Gasteiger partial charge in [0.1, 0.15) is 5.82 Å². The molecule has 144 valence electrons. The summed E-state index contributed by atoms with van der Waals surface area (Å²) in [5, 5.41) is 0. The van der Waals surface area contributed by atoms with Crippen LogP contribution in [0.15, 0.2) is 30.5 Å². The highest BCUT2D eigenvalue weighted by atomic mass is 16.1. The second-order valence-corrected chi connectivity index (χ2v) is 7.97. The number of rotatable bonds is 5. The third kappa shape index (κ3) is 3.79. The van der Waals surface area contributed by atoms with Gasteiger partial charge in [-0.2, -0.15) is 0 Å². The van der Waals surface area contributed by atoms with Crippen molar-refractivity contribution in [3.8, 4) is 0 Å². The molecule has 0 spiro atoms. The maximum Gasteiger partial charge on any atom is 0.178 e. The Hall–Kier alpha value is -2.14. The summed E-state index contributed by atoms with van der Waals surface area (Å²) in [5.41, 5.74) is 3.32. The number of aryl methyl sites for hydroxylation is 1. The molecule has 27 heavy (non-hydrogen) atoms. The SMILES string of the molecule is Cc1cc(C(=O)CN2CCN(c3ccccn3)CC2)c(C)n1C1CCCC1. The molecule has 0 aromatic carbocycles. The Morgan fingerprint density at radius 1 is 1.11 bits per heavy atom. The number of aromatic nitrogens is 2. The van der Waals surface area contributed by atoms with Gasteiger partial charge in [0.2, 0.25) is 0 Å². The number of anilines is 1. The fourth-order valence-corrected chi connectivity index (χ4v) is 4.75. The Kier molecular flexibility index (Phi) is 5.30. The van der Waals surface area contributed by atoms with Gasteiger partial charge in [-0.15, -0.1) is 0 Å². The van der Waals surface area contributed by atoms with Crippen molar-refractivity contribution >= 4 is 11.6 Å². The number of Topliss-reactive ketones (excluding diaryl/α,β-unsaturated/α-hetero) is 1. The van der Waals surface area contributed by atoms with Gasteiger partial charge in [-0.1, -0.05) is 18.9 Å². The number of nitrogens with zero attached hydrogens (tertiary/aromatic N) is 4. The van der Waals surface area contributed by atoms with Crippen LogP contribution in [0.25, 0.3) is 0 Å². The molecule has 2 aliphatic rings. The summed E-state index contributed by atoms with van der Waals surface area (Å²) in [5.74, 6) is 1.29. The molecule has 1 saturated heterocycles. The van der Waals surface area contributed by atoms with E-state index in [1.165, 1.54) is 31.4 Å². The van der Waals surface area contributed by atoms with Crippen molar-refractivity contribution in [2.75, 3.05) is 37.6 Å². The number of carbonyl (C=O) groups excluding carboxylic acids is 1. The summed E-state index contributed by atoms with van der Waals surface area (Å²) in [6, 6.07) is 8.73. The lowest BCUT2D eigenvalue weighted by atomic mass is 10.1. The van der Waals surface area contributed by atoms with E-state index in [0.29, 0.717) is 12.6 Å². The minimum atomic E-state index is 0.263. The molecule has 4 rings (SSSR count). The van der Waals surface area contributed by atoms with Crippen LogP contribution >= 0.6 is 0 Å². The molecule has 0 atom stereocenters. The van der Waals surface area contributed by atoms with E-state index >= 15 is 0 Å². The van der Waals surface area contributed by atoms with E-state index in [1.807, 2.05) is 18.3 Å². The zero-order valence-corrected chi connectivity index (χ0v) is 16.5. The number of hydrogen-bond acceptors (Lipinski definition) is 4. The summed E-state index contributed by atoms with van der Waals surface area (Å²) in [6.45, 7) is 8.44. The van der Waals surface area contributed by atoms with E-state index in [9.17, 15) is 4.79 Å². The van der Waals surface area contributed by atoms with Crippen molar-refractivity contribution in [1.82, 2.24) is 14.5 Å². The first-order chi connectivity index (χ1) is 13.1. The fraction of sp³-hybridized carbons (Fsp3) is 0.545. The predicted molar refractivity (Wildman–Crippen MR) is 109 cm³/mol. The summed E-state index contributed by atoms with van der Waals surface area (Å²) >= 11 is 0. The van der Waals surface area contributed by atoms with Gasteiger partial charge in [-0.25, -0.2) is 4.98 Å². The van der Waals surface area contributed by atoms with Gasteiger partial charge in [0, 0.05) is 55.4 Å². The minimum absolute atomic E-state index is 0.263. The zero-order chi connectivity index (χ0) is 18.8. The molecule has 1 aliphatic heterocycles. The van der Waals surface area contributed by atoms with Crippen LogP contribution in [0.1, 0.15) is 53.5 Å². The Morgan fingerprint density at radius 2 is 1.85 bits per heavy atom. The van der Waals surface area contributed by atoms with E-state index in [4.69, 9.17) is 0 Å². The van der Waals surface area contributed by atoms with Crippen LogP contribution in [0.2, 0.25) is 0 Å². The first-order valence-electron chi connectivity index (χ1n) is 10.2. The third-order valence-corrected chi connectivity index (χ3v) is 6.19. The van der Waals surface area contributed by atoms with Gasteiger partial charge in [0.15, 0.2) is 5.78 Å². The van der Waals surface area contributed by atoms with Gasteiger partial charge in [-0.05, 0) is 44.9 Å². The van der Waals surface area contributed by atoms with Crippen LogP contribution < -0.4 is 4.90 Å². The average Bonchev–Trinajstić information content (AvgIpc) is 3.31. The Balaban J connectivity index is 1.38. The smallest absolute Gasteiger partial charge is 0.178 e. The molecular formula is C22H30N4O. The van der Waals surface area contributed by atoms with Gasteiger partial charge in [0.05, 0.1) is 6.54 Å². The number of ketones is 1. The molecule has 3 heterocycles. The number of hydrogen-bond donors (Lipinski definition) is 0. The van der Waals surface area contributed by atoms with Crippen LogP contribution in [0.5, 0.6) is 0 Å². The number of piperazine rings is 1. The maximum absolute atomic E-state index is 13.0. The summed E-state index contributed by atoms with van der Waals surface area (Å²) in [6.07, 6.45) is 6.96. The summed E-state index contributed by atoms with van der Waals surface area (Å²) in [7, 11) is 0. The fourth-order valence-electron chi connectivity index (χ4n) is 4.75. The topological polar surface area (TPSA) is 41.4 Å². The third-order valence-electron chi connectivity index (χ3n) is 6.19. The standard InChI is InChI=1S/C22H30N4O/c1-17-15-20(18(2)26(17)19-7-3-4-8-19)21(27)16-24-11-13-25(14-12-24)22-9-5-6-10-23-22/h5-6,9-10,15,19H,3-4,7-8,11-14,16H2,1-2H3. The second kappa shape index (κ2) is 7.85. The van der Waals surface area contributed by atoms with Gasteiger partial charge in [0.25, 0.3) is 0 Å². The normalized spacial score (nSPS) is 19.0. The highest BCUT2D eigenvalue weighted by Crippen LogP contribution is 2.33. The quantitative estimate of drug-likeness (QED) is 0.758. The molecule has 0 radical (unpaired) electrons. The molecule has 5 nitrogen and oxygen atoms in total. The lowest BCUT2D eigenvalue weighted by molar-refractivity contribution is 0.0925. The maximum atomic E-state index is 13.0. The molecular weight excluding hydrogens is 336 g/mol. The molecule has 2 fully saturated rings. The van der Waals surface area contributed by atoms with Crippen molar-refractivity contribution in [2.45, 2.75) is 45.6 Å². The number of pyridine rings is 1. The van der Waals surface area contributed by atoms with Crippen LogP contribution in [-0.2, 0) is 0 Å². The number of carbonyl (C=O) groups is 1. The highest BCUT2D eigenvalue weighted by Gasteiger charge is 2.25. The lowest BCUT2D eigenvalue weighted by Gasteiger charge is -2.35. The van der Waals surface area contributed by atoms with Gasteiger partial charge in [-0.3, -0.25) is 9.69 Å². The highest BCUT2D eigenvalue weighted by molar-refractivity contribution is 5.99. The summed E-state index contributed by atoms with van der Waals surface area (Å²) in [4.78, 5) is 22.0. The molecule has 1 aliphatic carbocycles. The Morgan fingerprint density at radius 3 is 2.52 bits per heavy atom. The molecule has 2 aromatic heterocycles. The van der Waals surface area contributed by atoms with E-state index in [1.54, 1.807) is 0 Å². The van der Waals surface area contributed by atoms with Crippen LogP contribution in [0.4, 0.5) is 5.82 Å². The lowest BCUT2D eigenvalue weighted by Crippen LogP contribution is -2.48. The molecule has 0 amide bonds.